The zero-order chi connectivity index (χ0) is 99.6. The minimum absolute atomic E-state index is 0. The normalized spacial score (nSPS) is 11.7. The van der Waals surface area contributed by atoms with Crippen molar-refractivity contribution in [1.82, 2.24) is 19.9 Å². The summed E-state index contributed by atoms with van der Waals surface area (Å²) in [6, 6.07) is 66.3. The SMILES string of the molecule is CC(=O)C=C(C)O.CC(=O)C=C(C)O.CC(C)CC(=O)C=C(O)CC(C)C.CCC(CC)C(=O)C=C(O)C(CC)CC.Cc1[c-]c(-c2ccc3c(C)cc(C)cc3n2)cc(C)c1.Cc1[c-]c(-c2ccc3c(C)cc(C)cc3n2)cc(C)c1.Cc1[c-]c(-c2ccc3c(CC(C)C)cc(CC(C)C)cc3n2)cc(C)c1.[2H]C([2H])([2H])c1[c-]c(-c2ccc3c(CC(C)C)cccc3n2)cc(C)c1.[Ir].[Ir].[Ir].[Ir]. The Morgan fingerprint density at radius 3 is 1.02 bits per heavy atom. The number of aliphatic hydroxyl groups is 4. The van der Waals surface area contributed by atoms with E-state index in [-0.39, 0.29) is 144 Å². The molecule has 0 aliphatic heterocycles. The molecular formula is C118H148Ir4N4O8-4. The van der Waals surface area contributed by atoms with Gasteiger partial charge in [0.2, 0.25) is 0 Å². The number of ketones is 4. The molecule has 4 aromatic heterocycles. The van der Waals surface area contributed by atoms with Crippen LogP contribution in [-0.2, 0) is 119 Å². The number of aliphatic hydroxyl groups excluding tert-OH is 4. The summed E-state index contributed by atoms with van der Waals surface area (Å²) in [5.41, 5.74) is 29.4. The number of rotatable bonds is 24. The predicted molar refractivity (Wildman–Crippen MR) is 549 cm³/mol. The molecule has 0 aliphatic carbocycles. The maximum atomic E-state index is 11.7. The number of pyridine rings is 4. The summed E-state index contributed by atoms with van der Waals surface area (Å²) < 4.78 is 22.9. The minimum Gasteiger partial charge on any atom is -0.512 e. The third kappa shape index (κ3) is 43.5. The van der Waals surface area contributed by atoms with Gasteiger partial charge in [-0.3, -0.25) is 39.1 Å². The molecule has 134 heavy (non-hydrogen) atoms. The van der Waals surface area contributed by atoms with Gasteiger partial charge >= 0.3 is 0 Å². The van der Waals surface area contributed by atoms with Crippen LogP contribution in [0.1, 0.15) is 251 Å². The number of hydrogen-bond acceptors (Lipinski definition) is 12. The molecule has 4 radical (unpaired) electrons. The Kier molecular flexibility index (Phi) is 53.4. The number of aryl methyl sites for hydroxylation is 12. The summed E-state index contributed by atoms with van der Waals surface area (Å²) in [6.07, 6.45) is 12.9. The van der Waals surface area contributed by atoms with Gasteiger partial charge in [-0.1, -0.05) is 231 Å². The van der Waals surface area contributed by atoms with Crippen LogP contribution >= 0.6 is 0 Å². The predicted octanol–water partition coefficient (Wildman–Crippen LogP) is 31.1. The Bertz CT molecular complexity index is 5840. The van der Waals surface area contributed by atoms with Crippen molar-refractivity contribution in [3.05, 3.63) is 307 Å². The summed E-state index contributed by atoms with van der Waals surface area (Å²) >= 11 is 0. The third-order valence-corrected chi connectivity index (χ3v) is 21.0. The number of hydrogen-bond donors (Lipinski definition) is 4. The quantitative estimate of drug-likeness (QED) is 0.0254. The number of fused-ring (bicyclic) bond motifs is 4. The number of benzene rings is 8. The molecule has 12 nitrogen and oxygen atoms in total. The number of nitrogens with zero attached hydrogens (tertiary/aromatic N) is 4. The smallest absolute Gasteiger partial charge is 0.162 e. The number of allylic oxidation sites excluding steroid dienone is 8. The van der Waals surface area contributed by atoms with Gasteiger partial charge in [-0.05, 0) is 216 Å². The van der Waals surface area contributed by atoms with Crippen LogP contribution in [0.15, 0.2) is 199 Å². The molecule has 4 heterocycles. The number of aromatic nitrogens is 4. The topological polar surface area (TPSA) is 201 Å². The van der Waals surface area contributed by atoms with E-state index in [1.54, 1.807) is 6.07 Å². The van der Waals surface area contributed by atoms with Crippen LogP contribution in [0.4, 0.5) is 0 Å². The maximum absolute atomic E-state index is 11.7. The van der Waals surface area contributed by atoms with Crippen molar-refractivity contribution < 1.29 is 124 Å². The van der Waals surface area contributed by atoms with Crippen LogP contribution in [0.2, 0.25) is 0 Å². The number of carbonyl (C=O) groups excluding carboxylic acids is 4. The molecule has 0 saturated carbocycles. The molecule has 0 amide bonds. The molecule has 12 aromatic rings. The molecule has 12 rings (SSSR count). The summed E-state index contributed by atoms with van der Waals surface area (Å²) in [7, 11) is 0. The van der Waals surface area contributed by atoms with Crippen molar-refractivity contribution >= 4 is 66.7 Å². The van der Waals surface area contributed by atoms with Crippen LogP contribution in [0.3, 0.4) is 0 Å². The zero-order valence-corrected chi connectivity index (χ0v) is 94.3. The van der Waals surface area contributed by atoms with E-state index in [0.717, 1.165) is 140 Å². The fourth-order valence-corrected chi connectivity index (χ4v) is 15.6. The van der Waals surface area contributed by atoms with Crippen molar-refractivity contribution in [2.45, 2.75) is 265 Å². The van der Waals surface area contributed by atoms with Gasteiger partial charge in [0.15, 0.2) is 23.1 Å². The second-order valence-electron chi connectivity index (χ2n) is 37.0. The first-order chi connectivity index (χ1) is 62.4. The molecule has 0 aliphatic rings. The molecule has 0 fully saturated rings. The molecular weight excluding hydrogens is 2370 g/mol. The van der Waals surface area contributed by atoms with Gasteiger partial charge in [-0.2, -0.15) is 0 Å². The van der Waals surface area contributed by atoms with Gasteiger partial charge in [-0.25, -0.2) is 0 Å². The van der Waals surface area contributed by atoms with Crippen molar-refractivity contribution in [2.24, 2.45) is 41.4 Å². The van der Waals surface area contributed by atoms with Gasteiger partial charge in [0.1, 0.15) is 0 Å². The molecule has 8 aromatic carbocycles. The average Bonchev–Trinajstić information content (AvgIpc) is 0.788. The van der Waals surface area contributed by atoms with Gasteiger partial charge < -0.3 is 20.4 Å². The zero-order valence-electron chi connectivity index (χ0n) is 87.7. The van der Waals surface area contributed by atoms with Crippen molar-refractivity contribution in [2.75, 3.05) is 0 Å². The van der Waals surface area contributed by atoms with Crippen LogP contribution < -0.4 is 0 Å². The van der Waals surface area contributed by atoms with Gasteiger partial charge in [0, 0.05) is 155 Å². The maximum Gasteiger partial charge on any atom is 0.162 e. The summed E-state index contributed by atoms with van der Waals surface area (Å²) in [6.45, 7) is 56.2. The van der Waals surface area contributed by atoms with Crippen molar-refractivity contribution in [1.29, 1.82) is 0 Å². The monoisotopic (exact) mass is 2520 g/mol. The van der Waals surface area contributed by atoms with Crippen LogP contribution in [0, 0.1) is 149 Å². The molecule has 0 bridgehead atoms. The Hall–Kier alpha value is -9.16. The third-order valence-electron chi connectivity index (χ3n) is 21.0. The van der Waals surface area contributed by atoms with Gasteiger partial charge in [0.05, 0.1) is 45.1 Å². The van der Waals surface area contributed by atoms with Crippen molar-refractivity contribution in [3.63, 3.8) is 0 Å². The molecule has 0 atom stereocenters. The fraction of sp³-hybridized carbons (Fsp3) is 0.390. The fourth-order valence-electron chi connectivity index (χ4n) is 15.6. The van der Waals surface area contributed by atoms with E-state index in [0.29, 0.717) is 42.4 Å². The average molecular weight is 2520 g/mol. The summed E-state index contributed by atoms with van der Waals surface area (Å²) in [5.74, 6) is 3.27. The largest absolute Gasteiger partial charge is 0.512 e. The Balaban J connectivity index is 0.000000804. The van der Waals surface area contributed by atoms with E-state index in [1.165, 1.54) is 124 Å². The minimum atomic E-state index is -2.16. The van der Waals surface area contributed by atoms with Gasteiger partial charge in [0.25, 0.3) is 0 Å². The first-order valence-corrected chi connectivity index (χ1v) is 46.2. The van der Waals surface area contributed by atoms with E-state index in [1.807, 2.05) is 86.6 Å². The van der Waals surface area contributed by atoms with E-state index < -0.39 is 6.85 Å². The first-order valence-electron chi connectivity index (χ1n) is 47.7. The van der Waals surface area contributed by atoms with E-state index in [2.05, 4.69) is 256 Å². The van der Waals surface area contributed by atoms with E-state index in [9.17, 15) is 29.4 Å². The van der Waals surface area contributed by atoms with E-state index in [4.69, 9.17) is 34.3 Å². The van der Waals surface area contributed by atoms with Gasteiger partial charge in [-0.15, -0.1) is 140 Å². The van der Waals surface area contributed by atoms with Crippen LogP contribution in [0.25, 0.3) is 88.6 Å². The standard InChI is InChI=1S/C25H30N.C21H22N.2C19H18N.C13H24O2.C11H20O2.2C5H8O2.4Ir/c1-16(2)9-20-14-21(10-17(3)4)23-7-8-24(26-25(23)15-20)22-12-18(5)11-19(6)13-22;1-14(2)10-17-6-5-7-21-19(17)8-9-20(22-21)18-12-15(3)11-16(4)13-18;2*1-12-7-13(2)10-16(9-12)18-6-5-17-15(4)8-14(3)11-19(17)20-18;1-5-10(6-2)12(14)9-13(15)11(7-3)8-4;1-8(2)5-10(12)7-11(13)6-9(3)4;2*1-4(6)3-5(2)7;;;;/h7-8,11-12,14-17H,9-10H2,1-6H3;5-9,11-12,14H,10H2,1-4H3;2*5-9,11H,1-4H3;9-11,14H,5-8H2,1-4H3;7-9,12H,5-6H2,1-4H3;2*3,6H,1-2H3;;;;/q4*-1;;;;;;;;/i;4D3;;;;;;;;;;. The Morgan fingerprint density at radius 1 is 0.351 bits per heavy atom. The van der Waals surface area contributed by atoms with E-state index >= 15 is 0 Å². The second kappa shape index (κ2) is 61.1. The molecule has 0 saturated heterocycles. The summed E-state index contributed by atoms with van der Waals surface area (Å²) in [5, 5.41) is 40.7. The van der Waals surface area contributed by atoms with Crippen molar-refractivity contribution in [3.8, 4) is 45.0 Å². The first kappa shape index (κ1) is 117. The second-order valence-corrected chi connectivity index (χ2v) is 37.0. The number of carbonyl (C=O) groups is 4. The van der Waals surface area contributed by atoms with Crippen LogP contribution in [-0.4, -0.2) is 63.5 Å². The van der Waals surface area contributed by atoms with Crippen LogP contribution in [0.5, 0.6) is 0 Å². The molecule has 0 spiro atoms. The molecule has 16 heteroatoms. The molecule has 728 valence electrons. The summed E-state index contributed by atoms with van der Waals surface area (Å²) in [4.78, 5) is 62.4. The Labute approximate surface area is 862 Å². The molecule has 4 N–H and O–H groups in total. The Morgan fingerprint density at radius 2 is 0.687 bits per heavy atom. The molecule has 0 unspecified atom stereocenters.